The number of H-pyrrole nitrogens is 1. The van der Waals surface area contributed by atoms with E-state index in [2.05, 4.69) is 10.3 Å². The number of likely N-dealkylation sites (N-methyl/N-ethyl adjacent to an activating group) is 1. The van der Waals surface area contributed by atoms with E-state index in [0.29, 0.717) is 13.2 Å². The van der Waals surface area contributed by atoms with Crippen LogP contribution in [0, 0.1) is 0 Å². The topological polar surface area (TPSA) is 109 Å². The van der Waals surface area contributed by atoms with E-state index in [9.17, 15) is 18.0 Å². The zero-order valence-electron chi connectivity index (χ0n) is 11.3. The van der Waals surface area contributed by atoms with Gasteiger partial charge in [-0.3, -0.25) is 9.59 Å². The van der Waals surface area contributed by atoms with Crippen LogP contribution in [-0.2, 0) is 19.6 Å². The van der Waals surface area contributed by atoms with Gasteiger partial charge in [0.2, 0.25) is 21.5 Å². The minimum Gasteiger partial charge on any atom is -0.383 e. The molecule has 1 aromatic rings. The van der Waals surface area contributed by atoms with Crippen LogP contribution in [0.1, 0.15) is 0 Å². The van der Waals surface area contributed by atoms with Crippen molar-refractivity contribution in [2.24, 2.45) is 0 Å². The molecule has 0 atom stereocenters. The molecule has 1 amide bonds. The second kappa shape index (κ2) is 7.17. The summed E-state index contributed by atoms with van der Waals surface area (Å²) in [6.07, 6.45) is 1.09. The Balaban J connectivity index is 2.70. The highest BCUT2D eigenvalue weighted by molar-refractivity contribution is 7.89. The van der Waals surface area contributed by atoms with Crippen LogP contribution < -0.4 is 10.9 Å². The summed E-state index contributed by atoms with van der Waals surface area (Å²) in [6.45, 7) is 0.342. The third-order valence-corrected chi connectivity index (χ3v) is 4.26. The molecule has 0 aliphatic carbocycles. The van der Waals surface area contributed by atoms with Crippen LogP contribution >= 0.6 is 0 Å². The average molecular weight is 303 g/mol. The van der Waals surface area contributed by atoms with Gasteiger partial charge in [-0.05, 0) is 6.07 Å². The van der Waals surface area contributed by atoms with E-state index in [-0.39, 0.29) is 11.4 Å². The second-order valence-electron chi connectivity index (χ2n) is 3.99. The largest absolute Gasteiger partial charge is 0.383 e. The van der Waals surface area contributed by atoms with Crippen molar-refractivity contribution in [2.75, 3.05) is 33.9 Å². The van der Waals surface area contributed by atoms with Crippen molar-refractivity contribution < 1.29 is 17.9 Å². The molecule has 8 nitrogen and oxygen atoms in total. The molecule has 0 unspecified atom stereocenters. The molecule has 20 heavy (non-hydrogen) atoms. The number of hydrogen-bond acceptors (Lipinski definition) is 5. The van der Waals surface area contributed by atoms with E-state index in [1.54, 1.807) is 0 Å². The van der Waals surface area contributed by atoms with Crippen molar-refractivity contribution in [3.63, 3.8) is 0 Å². The van der Waals surface area contributed by atoms with Crippen LogP contribution in [-0.4, -0.2) is 57.5 Å². The number of rotatable bonds is 7. The highest BCUT2D eigenvalue weighted by Crippen LogP contribution is 2.10. The number of sulfonamides is 1. The fourth-order valence-corrected chi connectivity index (χ4v) is 2.47. The summed E-state index contributed by atoms with van der Waals surface area (Å²) in [7, 11) is -1.02. The molecular formula is C11H17N3O5S. The molecule has 0 aliphatic heterocycles. The fourth-order valence-electron chi connectivity index (χ4n) is 1.37. The van der Waals surface area contributed by atoms with Gasteiger partial charge < -0.3 is 15.0 Å². The summed E-state index contributed by atoms with van der Waals surface area (Å²) >= 11 is 0. The number of nitrogens with one attached hydrogen (secondary N) is 2. The monoisotopic (exact) mass is 303 g/mol. The fraction of sp³-hybridized carbons (Fsp3) is 0.455. The summed E-state index contributed by atoms with van der Waals surface area (Å²) in [4.78, 5) is 24.6. The first kappa shape index (κ1) is 16.3. The Bertz CT molecular complexity index is 590. The summed E-state index contributed by atoms with van der Waals surface area (Å²) in [5, 5.41) is 2.52. The van der Waals surface area contributed by atoms with E-state index in [1.165, 1.54) is 20.2 Å². The number of carbonyl (C=O) groups excluding carboxylic acids is 1. The zero-order chi connectivity index (χ0) is 15.2. The first-order valence-electron chi connectivity index (χ1n) is 5.78. The maximum Gasteiger partial charge on any atom is 0.247 e. The van der Waals surface area contributed by atoms with Crippen molar-refractivity contribution in [3.8, 4) is 0 Å². The molecule has 0 saturated heterocycles. The number of ether oxygens (including phenoxy) is 1. The van der Waals surface area contributed by atoms with Crippen molar-refractivity contribution in [3.05, 3.63) is 28.7 Å². The van der Waals surface area contributed by atoms with Crippen LogP contribution in [0.5, 0.6) is 0 Å². The van der Waals surface area contributed by atoms with Crippen LogP contribution in [0.15, 0.2) is 28.0 Å². The van der Waals surface area contributed by atoms with Crippen molar-refractivity contribution in [2.45, 2.75) is 4.90 Å². The van der Waals surface area contributed by atoms with Crippen molar-refractivity contribution in [1.82, 2.24) is 14.6 Å². The van der Waals surface area contributed by atoms with Gasteiger partial charge in [0.1, 0.15) is 0 Å². The first-order valence-corrected chi connectivity index (χ1v) is 7.22. The number of hydrogen-bond donors (Lipinski definition) is 2. The van der Waals surface area contributed by atoms with Gasteiger partial charge in [-0.1, -0.05) is 0 Å². The molecule has 0 spiro atoms. The lowest BCUT2D eigenvalue weighted by atomic mass is 10.5. The summed E-state index contributed by atoms with van der Waals surface area (Å²) in [5.41, 5.74) is -0.399. The number of carbonyl (C=O) groups is 1. The standard InChI is InChI=1S/C11H17N3O5S/c1-14(8-11(16)12-5-6-19-2)20(17,18)9-3-4-10(15)13-7-9/h3-4,7H,5-6,8H2,1-2H3,(H,12,16)(H,13,15). The number of aromatic nitrogens is 1. The van der Waals surface area contributed by atoms with Gasteiger partial charge in [0.25, 0.3) is 0 Å². The molecule has 0 aliphatic rings. The molecule has 9 heteroatoms. The van der Waals surface area contributed by atoms with Gasteiger partial charge in [0.05, 0.1) is 18.0 Å². The minimum atomic E-state index is -3.81. The Kier molecular flexibility index (Phi) is 5.86. The highest BCUT2D eigenvalue weighted by atomic mass is 32.2. The Hall–Kier alpha value is -1.71. The van der Waals surface area contributed by atoms with Gasteiger partial charge in [0.15, 0.2) is 0 Å². The average Bonchev–Trinajstić information content (AvgIpc) is 2.39. The molecule has 0 saturated carbocycles. The van der Waals surface area contributed by atoms with E-state index in [4.69, 9.17) is 4.74 Å². The minimum absolute atomic E-state index is 0.0794. The number of amides is 1. The van der Waals surface area contributed by atoms with Gasteiger partial charge in [0, 0.05) is 33.0 Å². The van der Waals surface area contributed by atoms with E-state index in [1.807, 2.05) is 0 Å². The van der Waals surface area contributed by atoms with Crippen molar-refractivity contribution >= 4 is 15.9 Å². The summed E-state index contributed by atoms with van der Waals surface area (Å²) < 4.78 is 29.9. The van der Waals surface area contributed by atoms with Crippen LogP contribution in [0.25, 0.3) is 0 Å². The lowest BCUT2D eigenvalue weighted by Gasteiger charge is -2.16. The Labute approximate surface area is 116 Å². The molecule has 0 bridgehead atoms. The van der Waals surface area contributed by atoms with Gasteiger partial charge in [-0.15, -0.1) is 0 Å². The van der Waals surface area contributed by atoms with E-state index >= 15 is 0 Å². The zero-order valence-corrected chi connectivity index (χ0v) is 12.1. The number of pyridine rings is 1. The Morgan fingerprint density at radius 1 is 1.45 bits per heavy atom. The highest BCUT2D eigenvalue weighted by Gasteiger charge is 2.22. The maximum atomic E-state index is 12.1. The predicted molar refractivity (Wildman–Crippen MR) is 71.8 cm³/mol. The normalized spacial score (nSPS) is 11.6. The number of methoxy groups -OCH3 is 1. The van der Waals surface area contributed by atoms with Crippen molar-refractivity contribution in [1.29, 1.82) is 0 Å². The molecule has 2 N–H and O–H groups in total. The predicted octanol–water partition coefficient (Wildman–Crippen LogP) is -1.24. The molecule has 112 valence electrons. The maximum absolute atomic E-state index is 12.1. The van der Waals surface area contributed by atoms with Crippen LogP contribution in [0.2, 0.25) is 0 Å². The Morgan fingerprint density at radius 3 is 2.70 bits per heavy atom. The molecule has 0 radical (unpaired) electrons. The second-order valence-corrected chi connectivity index (χ2v) is 6.04. The van der Waals surface area contributed by atoms with E-state index in [0.717, 1.165) is 16.6 Å². The van der Waals surface area contributed by atoms with Gasteiger partial charge in [-0.25, -0.2) is 8.42 Å². The molecule has 0 fully saturated rings. The molecule has 1 aromatic heterocycles. The molecule has 1 heterocycles. The molecule has 1 rings (SSSR count). The van der Waals surface area contributed by atoms with Gasteiger partial charge >= 0.3 is 0 Å². The van der Waals surface area contributed by atoms with Crippen LogP contribution in [0.3, 0.4) is 0 Å². The Morgan fingerprint density at radius 2 is 2.15 bits per heavy atom. The number of nitrogens with zero attached hydrogens (tertiary/aromatic N) is 1. The third kappa shape index (κ3) is 4.44. The molecule has 0 aromatic carbocycles. The van der Waals surface area contributed by atoms with E-state index < -0.39 is 21.5 Å². The third-order valence-electron chi connectivity index (χ3n) is 2.46. The molecular weight excluding hydrogens is 286 g/mol. The quantitative estimate of drug-likeness (QED) is 0.612. The van der Waals surface area contributed by atoms with Gasteiger partial charge in [-0.2, -0.15) is 4.31 Å². The lowest BCUT2D eigenvalue weighted by Crippen LogP contribution is -2.39. The summed E-state index contributed by atoms with van der Waals surface area (Å²) in [5.74, 6) is -0.433. The smallest absolute Gasteiger partial charge is 0.247 e. The SMILES string of the molecule is COCCNC(=O)CN(C)S(=O)(=O)c1ccc(=O)[nH]c1. The first-order chi connectivity index (χ1) is 9.37. The lowest BCUT2D eigenvalue weighted by molar-refractivity contribution is -0.121. The summed E-state index contributed by atoms with van der Waals surface area (Å²) in [6, 6.07) is 2.30. The van der Waals surface area contributed by atoms with Crippen LogP contribution in [0.4, 0.5) is 0 Å². The number of aromatic amines is 1.